The van der Waals surface area contributed by atoms with Crippen LogP contribution < -0.4 is 5.73 Å². The molecule has 4 heteroatoms. The monoisotopic (exact) mass is 253 g/mol. The second kappa shape index (κ2) is 3.71. The van der Waals surface area contributed by atoms with Crippen LogP contribution in [0.1, 0.15) is 18.4 Å². The van der Waals surface area contributed by atoms with Crippen molar-refractivity contribution < 1.29 is 4.42 Å². The minimum Gasteiger partial charge on any atom is -0.461 e. The summed E-state index contributed by atoms with van der Waals surface area (Å²) < 4.78 is 5.37. The van der Waals surface area contributed by atoms with Gasteiger partial charge in [-0.05, 0) is 42.7 Å². The zero-order chi connectivity index (χ0) is 12.9. The first-order valence-electron chi connectivity index (χ1n) is 6.55. The largest absolute Gasteiger partial charge is 0.461 e. The maximum atomic E-state index is 5.89. The van der Waals surface area contributed by atoms with Crippen LogP contribution in [0.2, 0.25) is 0 Å². The molecule has 0 aliphatic heterocycles. The first kappa shape index (κ1) is 10.8. The molecule has 0 spiro atoms. The van der Waals surface area contributed by atoms with Crippen LogP contribution >= 0.6 is 0 Å². The summed E-state index contributed by atoms with van der Waals surface area (Å²) in [5.74, 6) is 1.53. The fourth-order valence-corrected chi connectivity index (χ4v) is 2.63. The molecule has 1 saturated carbocycles. The van der Waals surface area contributed by atoms with E-state index >= 15 is 0 Å². The smallest absolute Gasteiger partial charge is 0.174 e. The number of fused-ring (bicyclic) bond motifs is 1. The number of furan rings is 1. The third-order valence-electron chi connectivity index (χ3n) is 4.09. The lowest BCUT2D eigenvalue weighted by Gasteiger charge is -2.12. The third kappa shape index (κ3) is 1.60. The molecule has 0 atom stereocenters. The van der Waals surface area contributed by atoms with Crippen LogP contribution in [0.4, 0.5) is 0 Å². The summed E-state index contributed by atoms with van der Waals surface area (Å²) in [5.41, 5.74) is 9.42. The van der Waals surface area contributed by atoms with E-state index in [4.69, 9.17) is 10.2 Å². The molecule has 4 rings (SSSR count). The molecular weight excluding hydrogens is 238 g/mol. The van der Waals surface area contributed by atoms with Crippen molar-refractivity contribution in [2.24, 2.45) is 5.73 Å². The highest BCUT2D eigenvalue weighted by Crippen LogP contribution is 2.47. The average molecular weight is 253 g/mol. The van der Waals surface area contributed by atoms with Crippen LogP contribution in [0.25, 0.3) is 22.6 Å². The molecule has 1 aromatic carbocycles. The van der Waals surface area contributed by atoms with Gasteiger partial charge in [0, 0.05) is 12.0 Å². The molecule has 19 heavy (non-hydrogen) atoms. The Hall–Kier alpha value is -2.07. The normalized spacial score (nSPS) is 16.9. The molecule has 96 valence electrons. The van der Waals surface area contributed by atoms with E-state index in [1.54, 1.807) is 6.26 Å². The number of benzene rings is 1. The molecule has 3 aromatic rings. The van der Waals surface area contributed by atoms with Crippen molar-refractivity contribution in [1.29, 1.82) is 0 Å². The molecule has 1 aliphatic carbocycles. The van der Waals surface area contributed by atoms with E-state index in [-0.39, 0.29) is 5.41 Å². The van der Waals surface area contributed by atoms with Crippen molar-refractivity contribution in [1.82, 2.24) is 9.97 Å². The maximum Gasteiger partial charge on any atom is 0.174 e. The van der Waals surface area contributed by atoms with Gasteiger partial charge in [-0.3, -0.25) is 0 Å². The number of nitrogens with zero attached hydrogens (tertiary/aromatic N) is 1. The number of aromatic nitrogens is 2. The highest BCUT2D eigenvalue weighted by Gasteiger charge is 2.42. The van der Waals surface area contributed by atoms with Gasteiger partial charge in [0.05, 0.1) is 17.3 Å². The Bertz CT molecular complexity index is 723. The van der Waals surface area contributed by atoms with Gasteiger partial charge >= 0.3 is 0 Å². The number of nitrogens with two attached hydrogens (primary N) is 1. The van der Waals surface area contributed by atoms with Gasteiger partial charge in [0.25, 0.3) is 0 Å². The number of rotatable bonds is 3. The van der Waals surface area contributed by atoms with Crippen molar-refractivity contribution in [2.45, 2.75) is 18.3 Å². The Morgan fingerprint density at radius 3 is 2.89 bits per heavy atom. The van der Waals surface area contributed by atoms with E-state index in [1.807, 2.05) is 12.1 Å². The molecule has 1 aliphatic rings. The molecule has 4 nitrogen and oxygen atoms in total. The van der Waals surface area contributed by atoms with Gasteiger partial charge < -0.3 is 15.1 Å². The second-order valence-corrected chi connectivity index (χ2v) is 5.28. The number of H-pyrrole nitrogens is 1. The Balaban J connectivity index is 1.82. The van der Waals surface area contributed by atoms with Gasteiger partial charge in [-0.2, -0.15) is 0 Å². The minimum absolute atomic E-state index is 0.212. The maximum absolute atomic E-state index is 5.89. The summed E-state index contributed by atoms with van der Waals surface area (Å²) in [4.78, 5) is 7.86. The first-order valence-corrected chi connectivity index (χ1v) is 6.55. The topological polar surface area (TPSA) is 67.8 Å². The van der Waals surface area contributed by atoms with E-state index in [0.29, 0.717) is 0 Å². The minimum atomic E-state index is 0.212. The number of nitrogens with one attached hydrogen (secondary N) is 1. The lowest BCUT2D eigenvalue weighted by Crippen LogP contribution is -2.19. The van der Waals surface area contributed by atoms with Crippen molar-refractivity contribution in [2.75, 3.05) is 6.54 Å². The highest BCUT2D eigenvalue weighted by atomic mass is 16.3. The van der Waals surface area contributed by atoms with Gasteiger partial charge in [0.15, 0.2) is 11.6 Å². The molecular formula is C15H15N3O. The van der Waals surface area contributed by atoms with E-state index in [0.717, 1.165) is 29.2 Å². The number of hydrogen-bond donors (Lipinski definition) is 2. The van der Waals surface area contributed by atoms with Crippen molar-refractivity contribution >= 4 is 11.0 Å². The highest BCUT2D eigenvalue weighted by molar-refractivity contribution is 5.79. The molecule has 0 unspecified atom stereocenters. The molecule has 3 N–H and O–H groups in total. The predicted octanol–water partition coefficient (Wildman–Crippen LogP) is 2.81. The fourth-order valence-electron chi connectivity index (χ4n) is 2.63. The summed E-state index contributed by atoms with van der Waals surface area (Å²) in [7, 11) is 0. The van der Waals surface area contributed by atoms with Crippen LogP contribution in [0.15, 0.2) is 41.0 Å². The first-order chi connectivity index (χ1) is 9.31. The summed E-state index contributed by atoms with van der Waals surface area (Å²) in [6, 6.07) is 10.1. The van der Waals surface area contributed by atoms with E-state index in [9.17, 15) is 0 Å². The molecule has 0 bridgehead atoms. The SMILES string of the molecule is NCC1(c2ccc3nc(-c4ccco4)[nH]c3c2)CC1. The molecule has 2 heterocycles. The Morgan fingerprint density at radius 2 is 2.21 bits per heavy atom. The Kier molecular flexibility index (Phi) is 2.11. The van der Waals surface area contributed by atoms with Crippen molar-refractivity contribution in [3.63, 3.8) is 0 Å². The zero-order valence-corrected chi connectivity index (χ0v) is 10.5. The van der Waals surface area contributed by atoms with Gasteiger partial charge in [0.1, 0.15) is 0 Å². The van der Waals surface area contributed by atoms with Crippen LogP contribution in [0, 0.1) is 0 Å². The van der Waals surface area contributed by atoms with Crippen molar-refractivity contribution in [3.05, 3.63) is 42.2 Å². The van der Waals surface area contributed by atoms with E-state index in [2.05, 4.69) is 28.2 Å². The van der Waals surface area contributed by atoms with Crippen LogP contribution in [0.3, 0.4) is 0 Å². The third-order valence-corrected chi connectivity index (χ3v) is 4.09. The molecule has 0 radical (unpaired) electrons. The van der Waals surface area contributed by atoms with E-state index < -0.39 is 0 Å². The van der Waals surface area contributed by atoms with Crippen LogP contribution in [0.5, 0.6) is 0 Å². The lowest BCUT2D eigenvalue weighted by molar-refractivity contribution is 0.578. The number of aromatic amines is 1. The fraction of sp³-hybridized carbons (Fsp3) is 0.267. The molecule has 0 saturated heterocycles. The number of imidazole rings is 1. The molecule has 2 aromatic heterocycles. The zero-order valence-electron chi connectivity index (χ0n) is 10.5. The predicted molar refractivity (Wildman–Crippen MR) is 73.8 cm³/mol. The van der Waals surface area contributed by atoms with Gasteiger partial charge in [-0.15, -0.1) is 0 Å². The summed E-state index contributed by atoms with van der Waals surface area (Å²) in [5, 5.41) is 0. The molecule has 0 amide bonds. The standard InChI is InChI=1S/C15H15N3O/c16-9-15(5-6-15)10-3-4-11-12(8-10)18-14(17-11)13-2-1-7-19-13/h1-4,7-8H,5-6,9,16H2,(H,17,18). The van der Waals surface area contributed by atoms with Gasteiger partial charge in [0.2, 0.25) is 0 Å². The summed E-state index contributed by atoms with van der Waals surface area (Å²) in [6.07, 6.45) is 4.03. The summed E-state index contributed by atoms with van der Waals surface area (Å²) >= 11 is 0. The Labute approximate surface area is 110 Å². The number of hydrogen-bond acceptors (Lipinski definition) is 3. The van der Waals surface area contributed by atoms with Crippen LogP contribution in [-0.4, -0.2) is 16.5 Å². The van der Waals surface area contributed by atoms with Crippen LogP contribution in [-0.2, 0) is 5.41 Å². The molecule has 1 fully saturated rings. The second-order valence-electron chi connectivity index (χ2n) is 5.28. The summed E-state index contributed by atoms with van der Waals surface area (Å²) in [6.45, 7) is 0.720. The van der Waals surface area contributed by atoms with E-state index in [1.165, 1.54) is 18.4 Å². The van der Waals surface area contributed by atoms with Gasteiger partial charge in [-0.1, -0.05) is 6.07 Å². The van der Waals surface area contributed by atoms with Gasteiger partial charge in [-0.25, -0.2) is 4.98 Å². The van der Waals surface area contributed by atoms with Crippen molar-refractivity contribution in [3.8, 4) is 11.6 Å². The quantitative estimate of drug-likeness (QED) is 0.754. The Morgan fingerprint density at radius 1 is 1.32 bits per heavy atom. The lowest BCUT2D eigenvalue weighted by atomic mass is 9.96. The average Bonchev–Trinajstić information content (AvgIpc) is 2.89.